The van der Waals surface area contributed by atoms with Gasteiger partial charge in [-0.3, -0.25) is 9.69 Å². The smallest absolute Gasteiger partial charge is 0.324 e. The quantitative estimate of drug-likeness (QED) is 0.689. The van der Waals surface area contributed by atoms with Crippen molar-refractivity contribution < 1.29 is 14.6 Å². The molecule has 0 aliphatic carbocycles. The van der Waals surface area contributed by atoms with Gasteiger partial charge >= 0.3 is 5.97 Å². The minimum atomic E-state index is -1.18. The largest absolute Gasteiger partial charge is 0.480 e. The summed E-state index contributed by atoms with van der Waals surface area (Å²) in [5.41, 5.74) is 4.52. The van der Waals surface area contributed by atoms with Crippen LogP contribution in [-0.4, -0.2) is 53.4 Å². The van der Waals surface area contributed by atoms with Crippen LogP contribution >= 0.6 is 0 Å². The van der Waals surface area contributed by atoms with E-state index in [9.17, 15) is 4.79 Å². The molecule has 0 aromatic carbocycles. The van der Waals surface area contributed by atoms with Gasteiger partial charge in [0.25, 0.3) is 0 Å². The molecule has 88 valence electrons. The van der Waals surface area contributed by atoms with Gasteiger partial charge in [-0.15, -0.1) is 0 Å². The van der Waals surface area contributed by atoms with Crippen LogP contribution in [0.5, 0.6) is 0 Å². The second kappa shape index (κ2) is 4.47. The van der Waals surface area contributed by atoms with Crippen LogP contribution in [0.25, 0.3) is 0 Å². The van der Waals surface area contributed by atoms with Crippen LogP contribution in [0.1, 0.15) is 20.8 Å². The number of hydrogen-bond donors (Lipinski definition) is 2. The lowest BCUT2D eigenvalue weighted by Crippen LogP contribution is -2.57. The molecule has 1 rings (SSSR count). The first-order valence-corrected chi connectivity index (χ1v) is 5.21. The van der Waals surface area contributed by atoms with E-state index < -0.39 is 11.5 Å². The third-order valence-electron chi connectivity index (χ3n) is 2.54. The van der Waals surface area contributed by atoms with E-state index in [1.54, 1.807) is 6.92 Å². The van der Waals surface area contributed by atoms with Crippen molar-refractivity contribution >= 4 is 5.97 Å². The van der Waals surface area contributed by atoms with E-state index in [2.05, 4.69) is 0 Å². The van der Waals surface area contributed by atoms with Crippen molar-refractivity contribution in [3.05, 3.63) is 0 Å². The molecule has 1 fully saturated rings. The van der Waals surface area contributed by atoms with Gasteiger partial charge in [0.1, 0.15) is 5.54 Å². The minimum Gasteiger partial charge on any atom is -0.480 e. The molecule has 0 aromatic heterocycles. The lowest BCUT2D eigenvalue weighted by molar-refractivity contribution is -0.145. The Labute approximate surface area is 90.2 Å². The molecule has 0 bridgehead atoms. The SMILES string of the molecule is CC1CN(CC(C)(N)C(=O)O)CC(C)O1. The molecule has 0 radical (unpaired) electrons. The van der Waals surface area contributed by atoms with E-state index in [4.69, 9.17) is 15.6 Å². The number of morpholine rings is 1. The third kappa shape index (κ3) is 3.44. The van der Waals surface area contributed by atoms with E-state index in [0.717, 1.165) is 13.1 Å². The van der Waals surface area contributed by atoms with Gasteiger partial charge < -0.3 is 15.6 Å². The average molecular weight is 216 g/mol. The van der Waals surface area contributed by atoms with E-state index in [-0.39, 0.29) is 12.2 Å². The fourth-order valence-corrected chi connectivity index (χ4v) is 1.95. The Hall–Kier alpha value is -0.650. The van der Waals surface area contributed by atoms with Crippen molar-refractivity contribution in [1.29, 1.82) is 0 Å². The molecule has 3 N–H and O–H groups in total. The highest BCUT2D eigenvalue weighted by Crippen LogP contribution is 2.13. The fraction of sp³-hybridized carbons (Fsp3) is 0.900. The van der Waals surface area contributed by atoms with Crippen molar-refractivity contribution in [1.82, 2.24) is 4.90 Å². The van der Waals surface area contributed by atoms with Crippen LogP contribution in [0.15, 0.2) is 0 Å². The first-order valence-electron chi connectivity index (χ1n) is 5.21. The van der Waals surface area contributed by atoms with Gasteiger partial charge in [-0.05, 0) is 20.8 Å². The molecule has 0 aromatic rings. The van der Waals surface area contributed by atoms with Crippen molar-refractivity contribution in [3.8, 4) is 0 Å². The van der Waals surface area contributed by atoms with Crippen LogP contribution in [0.3, 0.4) is 0 Å². The summed E-state index contributed by atoms with van der Waals surface area (Å²) in [6, 6.07) is 0. The molecule has 1 saturated heterocycles. The first-order chi connectivity index (χ1) is 6.81. The number of carboxylic acid groups (broad SMARTS) is 1. The lowest BCUT2D eigenvalue weighted by Gasteiger charge is -2.38. The minimum absolute atomic E-state index is 0.137. The van der Waals surface area contributed by atoms with Crippen molar-refractivity contribution in [3.63, 3.8) is 0 Å². The van der Waals surface area contributed by atoms with Crippen LogP contribution in [0.4, 0.5) is 0 Å². The summed E-state index contributed by atoms with van der Waals surface area (Å²) in [6.07, 6.45) is 0.275. The van der Waals surface area contributed by atoms with Gasteiger partial charge in [0.15, 0.2) is 0 Å². The highest BCUT2D eigenvalue weighted by molar-refractivity contribution is 5.78. The molecular weight excluding hydrogens is 196 g/mol. The van der Waals surface area contributed by atoms with Gasteiger partial charge in [-0.1, -0.05) is 0 Å². The Bertz CT molecular complexity index is 233. The highest BCUT2D eigenvalue weighted by Gasteiger charge is 2.33. The molecule has 3 unspecified atom stereocenters. The normalized spacial score (nSPS) is 32.3. The zero-order valence-electron chi connectivity index (χ0n) is 9.56. The maximum Gasteiger partial charge on any atom is 0.324 e. The summed E-state index contributed by atoms with van der Waals surface area (Å²) in [5, 5.41) is 8.92. The zero-order chi connectivity index (χ0) is 11.6. The molecule has 3 atom stereocenters. The number of ether oxygens (including phenoxy) is 1. The van der Waals surface area contributed by atoms with E-state index in [1.807, 2.05) is 18.7 Å². The van der Waals surface area contributed by atoms with Gasteiger partial charge in [-0.25, -0.2) is 0 Å². The number of nitrogens with two attached hydrogens (primary N) is 1. The molecule has 1 aliphatic rings. The maximum absolute atomic E-state index is 10.9. The second-order valence-corrected chi connectivity index (χ2v) is 4.67. The first kappa shape index (κ1) is 12.4. The number of aliphatic carboxylic acids is 1. The molecule has 1 heterocycles. The van der Waals surface area contributed by atoms with E-state index in [0.29, 0.717) is 6.54 Å². The van der Waals surface area contributed by atoms with Gasteiger partial charge in [0.05, 0.1) is 12.2 Å². The Morgan fingerprint density at radius 3 is 2.40 bits per heavy atom. The van der Waals surface area contributed by atoms with Crippen LogP contribution in [0, 0.1) is 0 Å². The standard InChI is InChI=1S/C10H20N2O3/c1-7-4-12(5-8(2)15-7)6-10(3,11)9(13)14/h7-8H,4-6,11H2,1-3H3,(H,13,14). The Balaban J connectivity index is 2.54. The summed E-state index contributed by atoms with van der Waals surface area (Å²) in [4.78, 5) is 12.9. The number of carbonyl (C=O) groups is 1. The predicted molar refractivity (Wildman–Crippen MR) is 56.7 cm³/mol. The summed E-state index contributed by atoms with van der Waals surface area (Å²) in [6.45, 7) is 7.35. The lowest BCUT2D eigenvalue weighted by atomic mass is 10.0. The number of carboxylic acids is 1. The molecule has 5 nitrogen and oxygen atoms in total. The van der Waals surface area contributed by atoms with E-state index >= 15 is 0 Å². The Morgan fingerprint density at radius 2 is 2.00 bits per heavy atom. The Kier molecular flexibility index (Phi) is 3.70. The van der Waals surface area contributed by atoms with Gasteiger partial charge in [0.2, 0.25) is 0 Å². The summed E-state index contributed by atoms with van der Waals surface area (Å²) in [5.74, 6) is -0.964. The molecule has 1 aliphatic heterocycles. The topological polar surface area (TPSA) is 75.8 Å². The maximum atomic E-state index is 10.9. The van der Waals surface area contributed by atoms with Gasteiger partial charge in [0, 0.05) is 19.6 Å². The second-order valence-electron chi connectivity index (χ2n) is 4.67. The Morgan fingerprint density at radius 1 is 1.53 bits per heavy atom. The number of hydrogen-bond acceptors (Lipinski definition) is 4. The van der Waals surface area contributed by atoms with Crippen LogP contribution < -0.4 is 5.73 Å². The highest BCUT2D eigenvalue weighted by atomic mass is 16.5. The van der Waals surface area contributed by atoms with Crippen molar-refractivity contribution in [2.45, 2.75) is 38.5 Å². The van der Waals surface area contributed by atoms with E-state index in [1.165, 1.54) is 0 Å². The predicted octanol–water partition coefficient (Wildman–Crippen LogP) is -0.102. The van der Waals surface area contributed by atoms with Crippen molar-refractivity contribution in [2.75, 3.05) is 19.6 Å². The fourth-order valence-electron chi connectivity index (χ4n) is 1.95. The summed E-state index contributed by atoms with van der Waals surface area (Å²) < 4.78 is 5.56. The van der Waals surface area contributed by atoms with Gasteiger partial charge in [-0.2, -0.15) is 0 Å². The number of nitrogens with zero attached hydrogens (tertiary/aromatic N) is 1. The molecule has 0 amide bonds. The zero-order valence-corrected chi connectivity index (χ0v) is 9.56. The molecule has 0 spiro atoms. The van der Waals surface area contributed by atoms with Crippen LogP contribution in [0.2, 0.25) is 0 Å². The third-order valence-corrected chi connectivity index (χ3v) is 2.54. The van der Waals surface area contributed by atoms with Crippen LogP contribution in [-0.2, 0) is 9.53 Å². The van der Waals surface area contributed by atoms with Crippen molar-refractivity contribution in [2.24, 2.45) is 5.73 Å². The molecule has 5 heteroatoms. The average Bonchev–Trinajstić information content (AvgIpc) is 1.99. The number of rotatable bonds is 3. The summed E-state index contributed by atoms with van der Waals surface area (Å²) in [7, 11) is 0. The monoisotopic (exact) mass is 216 g/mol. The molecular formula is C10H20N2O3. The molecule has 15 heavy (non-hydrogen) atoms. The molecule has 0 saturated carbocycles. The summed E-state index contributed by atoms with van der Waals surface area (Å²) >= 11 is 0.